The summed E-state index contributed by atoms with van der Waals surface area (Å²) < 4.78 is 0. The maximum absolute atomic E-state index is 13.0. The van der Waals surface area contributed by atoms with Gasteiger partial charge in [-0.15, -0.1) is 0 Å². The predicted molar refractivity (Wildman–Crippen MR) is 117 cm³/mol. The minimum atomic E-state index is -0.105. The zero-order valence-electron chi connectivity index (χ0n) is 17.7. The lowest BCUT2D eigenvalue weighted by Gasteiger charge is -2.41. The number of anilines is 1. The zero-order valence-corrected chi connectivity index (χ0v) is 18.5. The van der Waals surface area contributed by atoms with Crippen LogP contribution in [0.4, 0.5) is 5.69 Å². The molecule has 2 aliphatic rings. The predicted octanol–water partition coefficient (Wildman–Crippen LogP) is 2.79. The molecule has 1 aromatic carbocycles. The highest BCUT2D eigenvalue weighted by Gasteiger charge is 2.32. The van der Waals surface area contributed by atoms with Crippen molar-refractivity contribution in [1.29, 1.82) is 0 Å². The Balaban J connectivity index is 1.45. The number of hydrogen-bond acceptors (Lipinski definition) is 4. The van der Waals surface area contributed by atoms with E-state index in [1.807, 2.05) is 24.0 Å². The molecule has 160 valence electrons. The van der Waals surface area contributed by atoms with Crippen molar-refractivity contribution in [2.45, 2.75) is 33.2 Å². The number of para-hydroxylation sites is 1. The van der Waals surface area contributed by atoms with Crippen LogP contribution in [0.2, 0.25) is 5.02 Å². The van der Waals surface area contributed by atoms with Crippen LogP contribution in [0, 0.1) is 11.8 Å². The standard InChI is InChI=1S/C22H33ClN4O2/c1-16-12-17(2)14-27(13-16)22(29)18(3)26-10-8-25(9-11-26)15-21(28)24-20-7-5-4-6-19(20)23/h4-7,16-18H,8-15H2,1-3H3,(H,24,28)/t16-,17-,18+/m1/s1. The lowest BCUT2D eigenvalue weighted by atomic mass is 9.91. The van der Waals surface area contributed by atoms with Crippen LogP contribution in [0.1, 0.15) is 27.2 Å². The number of halogens is 1. The normalized spacial score (nSPS) is 24.9. The lowest BCUT2D eigenvalue weighted by molar-refractivity contribution is -0.140. The van der Waals surface area contributed by atoms with Crippen molar-refractivity contribution in [2.24, 2.45) is 11.8 Å². The number of amides is 2. The lowest BCUT2D eigenvalue weighted by Crippen LogP contribution is -2.56. The SMILES string of the molecule is C[C@@H]1C[C@@H](C)CN(C(=O)[C@H](C)N2CCN(CC(=O)Nc3ccccc3Cl)CC2)C1. The van der Waals surface area contributed by atoms with Crippen molar-refractivity contribution in [3.63, 3.8) is 0 Å². The molecule has 0 spiro atoms. The first kappa shape index (κ1) is 22.1. The number of rotatable bonds is 5. The number of hydrogen-bond donors (Lipinski definition) is 1. The molecule has 0 radical (unpaired) electrons. The summed E-state index contributed by atoms with van der Waals surface area (Å²) in [4.78, 5) is 31.7. The Labute approximate surface area is 179 Å². The number of piperidine rings is 1. The Morgan fingerprint density at radius 1 is 1.10 bits per heavy atom. The van der Waals surface area contributed by atoms with Crippen LogP contribution in [-0.2, 0) is 9.59 Å². The molecule has 1 aromatic rings. The van der Waals surface area contributed by atoms with Gasteiger partial charge in [-0.05, 0) is 37.3 Å². The second-order valence-electron chi connectivity index (χ2n) is 8.71. The Morgan fingerprint density at radius 3 is 2.34 bits per heavy atom. The molecule has 2 heterocycles. The summed E-state index contributed by atoms with van der Waals surface area (Å²) in [6, 6.07) is 7.14. The van der Waals surface area contributed by atoms with Gasteiger partial charge in [0.15, 0.2) is 0 Å². The van der Waals surface area contributed by atoms with E-state index in [1.54, 1.807) is 12.1 Å². The van der Waals surface area contributed by atoms with E-state index in [2.05, 4.69) is 29.0 Å². The highest BCUT2D eigenvalue weighted by Crippen LogP contribution is 2.23. The van der Waals surface area contributed by atoms with Crippen LogP contribution >= 0.6 is 11.6 Å². The summed E-state index contributed by atoms with van der Waals surface area (Å²) in [5.74, 6) is 1.33. The molecule has 6 nitrogen and oxygen atoms in total. The third-order valence-electron chi connectivity index (χ3n) is 6.01. The molecule has 2 aliphatic heterocycles. The molecule has 0 unspecified atom stereocenters. The van der Waals surface area contributed by atoms with Gasteiger partial charge in [-0.25, -0.2) is 0 Å². The number of nitrogens with zero attached hydrogens (tertiary/aromatic N) is 3. The van der Waals surface area contributed by atoms with Gasteiger partial charge in [0.1, 0.15) is 0 Å². The summed E-state index contributed by atoms with van der Waals surface area (Å²) in [5, 5.41) is 3.42. The van der Waals surface area contributed by atoms with Crippen molar-refractivity contribution in [2.75, 3.05) is 51.1 Å². The van der Waals surface area contributed by atoms with Gasteiger partial charge in [0.05, 0.1) is 23.3 Å². The largest absolute Gasteiger partial charge is 0.341 e. The van der Waals surface area contributed by atoms with E-state index in [9.17, 15) is 9.59 Å². The minimum absolute atomic E-state index is 0.0630. The molecular formula is C22H33ClN4O2. The van der Waals surface area contributed by atoms with Gasteiger partial charge in [-0.1, -0.05) is 37.6 Å². The van der Waals surface area contributed by atoms with Gasteiger partial charge in [0.2, 0.25) is 11.8 Å². The van der Waals surface area contributed by atoms with Gasteiger partial charge in [0.25, 0.3) is 0 Å². The van der Waals surface area contributed by atoms with Gasteiger partial charge >= 0.3 is 0 Å². The summed E-state index contributed by atoms with van der Waals surface area (Å²) >= 11 is 6.11. The van der Waals surface area contributed by atoms with Crippen molar-refractivity contribution in [1.82, 2.24) is 14.7 Å². The van der Waals surface area contributed by atoms with Gasteiger partial charge in [0, 0.05) is 39.3 Å². The molecular weight excluding hydrogens is 388 g/mol. The molecule has 2 amide bonds. The number of benzene rings is 1. The van der Waals surface area contributed by atoms with E-state index in [0.717, 1.165) is 39.3 Å². The summed E-state index contributed by atoms with van der Waals surface area (Å²) in [7, 11) is 0. The average Bonchev–Trinajstić information content (AvgIpc) is 2.68. The highest BCUT2D eigenvalue weighted by molar-refractivity contribution is 6.33. The molecule has 29 heavy (non-hydrogen) atoms. The Morgan fingerprint density at radius 2 is 1.72 bits per heavy atom. The topological polar surface area (TPSA) is 55.9 Å². The quantitative estimate of drug-likeness (QED) is 0.795. The second kappa shape index (κ2) is 9.92. The number of carbonyl (C=O) groups is 2. The zero-order chi connectivity index (χ0) is 21.0. The third-order valence-corrected chi connectivity index (χ3v) is 6.34. The van der Waals surface area contributed by atoms with Crippen LogP contribution < -0.4 is 5.32 Å². The van der Waals surface area contributed by atoms with Crippen LogP contribution in [0.3, 0.4) is 0 Å². The smallest absolute Gasteiger partial charge is 0.239 e. The minimum Gasteiger partial charge on any atom is -0.341 e. The van der Waals surface area contributed by atoms with Crippen LogP contribution in [-0.4, -0.2) is 78.4 Å². The molecule has 2 saturated heterocycles. The first-order valence-corrected chi connectivity index (χ1v) is 11.0. The Bertz CT molecular complexity index is 711. The molecule has 3 atom stereocenters. The maximum Gasteiger partial charge on any atom is 0.239 e. The summed E-state index contributed by atoms with van der Waals surface area (Å²) in [5.41, 5.74) is 0.641. The molecule has 1 N–H and O–H groups in total. The number of carbonyl (C=O) groups excluding carboxylic acids is 2. The maximum atomic E-state index is 13.0. The fourth-order valence-electron chi connectivity index (χ4n) is 4.53. The van der Waals surface area contributed by atoms with Crippen LogP contribution in [0.5, 0.6) is 0 Å². The van der Waals surface area contributed by atoms with Crippen LogP contribution in [0.25, 0.3) is 0 Å². The Hall–Kier alpha value is -1.63. The molecule has 0 saturated carbocycles. The molecule has 0 aromatic heterocycles. The van der Waals surface area contributed by atoms with Crippen molar-refractivity contribution in [3.8, 4) is 0 Å². The molecule has 3 rings (SSSR count). The van der Waals surface area contributed by atoms with E-state index in [4.69, 9.17) is 11.6 Å². The van der Waals surface area contributed by atoms with Crippen molar-refractivity contribution in [3.05, 3.63) is 29.3 Å². The van der Waals surface area contributed by atoms with E-state index >= 15 is 0 Å². The van der Waals surface area contributed by atoms with Crippen LogP contribution in [0.15, 0.2) is 24.3 Å². The van der Waals surface area contributed by atoms with Crippen molar-refractivity contribution < 1.29 is 9.59 Å². The fourth-order valence-corrected chi connectivity index (χ4v) is 4.71. The Kier molecular flexibility index (Phi) is 7.55. The summed E-state index contributed by atoms with van der Waals surface area (Å²) in [6.07, 6.45) is 1.20. The summed E-state index contributed by atoms with van der Waals surface area (Å²) in [6.45, 7) is 11.7. The second-order valence-corrected chi connectivity index (χ2v) is 9.11. The van der Waals surface area contributed by atoms with E-state index in [-0.39, 0.29) is 17.9 Å². The van der Waals surface area contributed by atoms with Gasteiger partial charge < -0.3 is 10.2 Å². The van der Waals surface area contributed by atoms with E-state index < -0.39 is 0 Å². The molecule has 2 fully saturated rings. The number of likely N-dealkylation sites (tertiary alicyclic amines) is 1. The average molecular weight is 421 g/mol. The van der Waals surface area contributed by atoms with Crippen molar-refractivity contribution >= 4 is 29.1 Å². The fraction of sp³-hybridized carbons (Fsp3) is 0.636. The van der Waals surface area contributed by atoms with Gasteiger partial charge in [-0.3, -0.25) is 19.4 Å². The van der Waals surface area contributed by atoms with E-state index in [1.165, 1.54) is 6.42 Å². The monoisotopic (exact) mass is 420 g/mol. The molecule has 0 bridgehead atoms. The molecule has 7 heteroatoms. The first-order valence-electron chi connectivity index (χ1n) is 10.6. The first-order chi connectivity index (χ1) is 13.8. The molecule has 0 aliphatic carbocycles. The number of piperazine rings is 1. The van der Waals surface area contributed by atoms with E-state index in [0.29, 0.717) is 29.1 Å². The van der Waals surface area contributed by atoms with Gasteiger partial charge in [-0.2, -0.15) is 0 Å². The highest BCUT2D eigenvalue weighted by atomic mass is 35.5. The number of nitrogens with one attached hydrogen (secondary N) is 1. The third kappa shape index (κ3) is 5.93.